The fourth-order valence-electron chi connectivity index (χ4n) is 10.4. The first-order valence-corrected chi connectivity index (χ1v) is 16.7. The van der Waals surface area contributed by atoms with E-state index in [2.05, 4.69) is 125 Å². The quantitative estimate of drug-likeness (QED) is 0.172. The molecule has 0 amide bonds. The molecule has 6 aromatic rings. The van der Waals surface area contributed by atoms with Gasteiger partial charge in [-0.2, -0.15) is 0 Å². The smallest absolute Gasteiger partial charge is 0.0218 e. The molecule has 1 saturated carbocycles. The molecular weight excluding hydrogens is 528 g/mol. The first-order valence-electron chi connectivity index (χ1n) is 16.7. The van der Waals surface area contributed by atoms with Gasteiger partial charge in [0.2, 0.25) is 0 Å². The SMILES string of the molecule is CC1(C)c2cc3c(cc2-c2c1ccc1ccccc21)C1(CCCCC1)c1c-3ccc2c1C(C)(C)c1ccc3ccccc3c1-2. The molecule has 214 valence electrons. The van der Waals surface area contributed by atoms with E-state index >= 15 is 0 Å². The van der Waals surface area contributed by atoms with E-state index < -0.39 is 0 Å². The van der Waals surface area contributed by atoms with E-state index in [-0.39, 0.29) is 16.2 Å². The molecule has 0 heteroatoms. The van der Waals surface area contributed by atoms with E-state index in [0.29, 0.717) is 0 Å². The predicted octanol–water partition coefficient (Wildman–Crippen LogP) is 11.8. The van der Waals surface area contributed by atoms with Crippen molar-refractivity contribution in [2.45, 2.75) is 76.0 Å². The van der Waals surface area contributed by atoms with Crippen LogP contribution >= 0.6 is 0 Å². The summed E-state index contributed by atoms with van der Waals surface area (Å²) >= 11 is 0. The zero-order valence-corrected chi connectivity index (χ0v) is 26.3. The Morgan fingerprint density at radius 3 is 1.68 bits per heavy atom. The molecule has 0 atom stereocenters. The second kappa shape index (κ2) is 8.10. The van der Waals surface area contributed by atoms with Crippen molar-refractivity contribution in [3.8, 4) is 33.4 Å². The molecule has 0 nitrogen and oxygen atoms in total. The molecule has 6 aromatic carbocycles. The minimum absolute atomic E-state index is 0.0304. The third-order valence-electron chi connectivity index (χ3n) is 12.4. The van der Waals surface area contributed by atoms with Crippen LogP contribution in [-0.2, 0) is 16.2 Å². The summed E-state index contributed by atoms with van der Waals surface area (Å²) in [5.74, 6) is 0. The normalized spacial score (nSPS) is 19.0. The second-order valence-electron chi connectivity index (χ2n) is 15.2. The van der Waals surface area contributed by atoms with Crippen LogP contribution in [0.15, 0.2) is 97.1 Å². The summed E-state index contributed by atoms with van der Waals surface area (Å²) in [4.78, 5) is 0. The minimum Gasteiger partial charge on any atom is -0.0616 e. The highest BCUT2D eigenvalue weighted by Crippen LogP contribution is 2.65. The zero-order chi connectivity index (χ0) is 29.6. The van der Waals surface area contributed by atoms with Gasteiger partial charge in [-0.1, -0.05) is 132 Å². The molecule has 0 aromatic heterocycles. The summed E-state index contributed by atoms with van der Waals surface area (Å²) in [7, 11) is 0. The van der Waals surface area contributed by atoms with E-state index in [1.165, 1.54) is 104 Å². The van der Waals surface area contributed by atoms with Crippen molar-refractivity contribution in [3.05, 3.63) is 130 Å². The molecular formula is C44H38. The van der Waals surface area contributed by atoms with Crippen molar-refractivity contribution in [2.24, 2.45) is 0 Å². The first-order chi connectivity index (χ1) is 21.3. The van der Waals surface area contributed by atoms with Crippen molar-refractivity contribution >= 4 is 21.5 Å². The third kappa shape index (κ3) is 2.82. The Balaban J connectivity index is 1.30. The van der Waals surface area contributed by atoms with E-state index in [1.54, 1.807) is 16.7 Å². The molecule has 1 spiro atoms. The molecule has 0 bridgehead atoms. The van der Waals surface area contributed by atoms with Crippen LogP contribution < -0.4 is 0 Å². The lowest BCUT2D eigenvalue weighted by atomic mass is 9.64. The summed E-state index contributed by atoms with van der Waals surface area (Å²) in [6, 6.07) is 37.9. The number of benzene rings is 6. The van der Waals surface area contributed by atoms with Gasteiger partial charge in [0, 0.05) is 16.2 Å². The molecule has 4 aliphatic rings. The Morgan fingerprint density at radius 1 is 0.432 bits per heavy atom. The lowest BCUT2D eigenvalue weighted by Gasteiger charge is -2.39. The van der Waals surface area contributed by atoms with E-state index in [1.807, 2.05) is 0 Å². The van der Waals surface area contributed by atoms with Crippen LogP contribution in [-0.4, -0.2) is 0 Å². The highest BCUT2D eigenvalue weighted by molar-refractivity contribution is 6.06. The Labute approximate surface area is 260 Å². The van der Waals surface area contributed by atoms with Crippen molar-refractivity contribution < 1.29 is 0 Å². The average Bonchev–Trinajstić information content (AvgIpc) is 3.54. The van der Waals surface area contributed by atoms with Crippen LogP contribution in [0.1, 0.15) is 93.2 Å². The van der Waals surface area contributed by atoms with Gasteiger partial charge in [0.15, 0.2) is 0 Å². The Hall–Kier alpha value is -4.16. The van der Waals surface area contributed by atoms with Crippen molar-refractivity contribution in [1.82, 2.24) is 0 Å². The lowest BCUT2D eigenvalue weighted by molar-refractivity contribution is 0.348. The zero-order valence-electron chi connectivity index (χ0n) is 26.3. The average molecular weight is 567 g/mol. The van der Waals surface area contributed by atoms with Gasteiger partial charge in [0.1, 0.15) is 0 Å². The summed E-state index contributed by atoms with van der Waals surface area (Å²) < 4.78 is 0. The molecule has 0 saturated heterocycles. The fraction of sp³-hybridized carbons (Fsp3) is 0.273. The monoisotopic (exact) mass is 566 g/mol. The number of hydrogen-bond donors (Lipinski definition) is 0. The van der Waals surface area contributed by atoms with Crippen LogP contribution in [0.3, 0.4) is 0 Å². The molecule has 0 unspecified atom stereocenters. The maximum Gasteiger partial charge on any atom is 0.0218 e. The van der Waals surface area contributed by atoms with Crippen molar-refractivity contribution in [2.75, 3.05) is 0 Å². The molecule has 0 aliphatic heterocycles. The lowest BCUT2D eigenvalue weighted by Crippen LogP contribution is -2.31. The van der Waals surface area contributed by atoms with Crippen LogP contribution in [0.2, 0.25) is 0 Å². The predicted molar refractivity (Wildman–Crippen MR) is 186 cm³/mol. The Kier molecular flexibility index (Phi) is 4.64. The second-order valence-corrected chi connectivity index (χ2v) is 15.2. The van der Waals surface area contributed by atoms with Gasteiger partial charge < -0.3 is 0 Å². The van der Waals surface area contributed by atoms with E-state index in [9.17, 15) is 0 Å². The van der Waals surface area contributed by atoms with Gasteiger partial charge in [0.05, 0.1) is 0 Å². The number of fused-ring (bicyclic) bond motifs is 16. The van der Waals surface area contributed by atoms with Crippen LogP contribution in [0.4, 0.5) is 0 Å². The highest BCUT2D eigenvalue weighted by atomic mass is 14.5. The number of hydrogen-bond acceptors (Lipinski definition) is 0. The molecule has 0 N–H and O–H groups in total. The fourth-order valence-corrected chi connectivity index (χ4v) is 10.4. The summed E-state index contributed by atoms with van der Waals surface area (Å²) in [6.07, 6.45) is 6.46. The van der Waals surface area contributed by atoms with Crippen LogP contribution in [0.5, 0.6) is 0 Å². The molecule has 0 heterocycles. The first kappa shape index (κ1) is 25.2. The third-order valence-corrected chi connectivity index (χ3v) is 12.4. The summed E-state index contributed by atoms with van der Waals surface area (Å²) in [6.45, 7) is 9.88. The maximum atomic E-state index is 2.69. The number of rotatable bonds is 0. The minimum atomic E-state index is -0.0443. The highest BCUT2D eigenvalue weighted by Gasteiger charge is 2.51. The van der Waals surface area contributed by atoms with E-state index in [4.69, 9.17) is 0 Å². The van der Waals surface area contributed by atoms with Gasteiger partial charge in [-0.3, -0.25) is 0 Å². The topological polar surface area (TPSA) is 0 Å². The standard InChI is InChI=1S/C44H38/c1-42(2)34-20-16-27-13-7-9-15-29(27)39(34)33-25-37-32(24-36(33)42)30-18-19-31-38-28-14-8-6-12-26(28)17-21-35(38)43(3,4)40(31)41(30)44(37)22-10-5-11-23-44/h6-9,12-21,24-25H,5,10-11,22-23H2,1-4H3. The van der Waals surface area contributed by atoms with Gasteiger partial charge in [-0.05, 0) is 113 Å². The van der Waals surface area contributed by atoms with Crippen molar-refractivity contribution in [1.29, 1.82) is 0 Å². The molecule has 10 rings (SSSR count). The Bertz CT molecular complexity index is 2250. The van der Waals surface area contributed by atoms with Crippen LogP contribution in [0, 0.1) is 0 Å². The van der Waals surface area contributed by atoms with Crippen molar-refractivity contribution in [3.63, 3.8) is 0 Å². The van der Waals surface area contributed by atoms with Gasteiger partial charge >= 0.3 is 0 Å². The van der Waals surface area contributed by atoms with Gasteiger partial charge in [-0.15, -0.1) is 0 Å². The van der Waals surface area contributed by atoms with Gasteiger partial charge in [0.25, 0.3) is 0 Å². The summed E-state index contributed by atoms with van der Waals surface area (Å²) in [5.41, 5.74) is 18.2. The van der Waals surface area contributed by atoms with Gasteiger partial charge in [-0.25, -0.2) is 0 Å². The van der Waals surface area contributed by atoms with E-state index in [0.717, 1.165) is 0 Å². The summed E-state index contributed by atoms with van der Waals surface area (Å²) in [5, 5.41) is 5.48. The maximum absolute atomic E-state index is 2.69. The largest absolute Gasteiger partial charge is 0.0616 e. The molecule has 1 fully saturated rings. The molecule has 0 radical (unpaired) electrons. The molecule has 44 heavy (non-hydrogen) atoms. The Morgan fingerprint density at radius 2 is 1.00 bits per heavy atom. The van der Waals surface area contributed by atoms with Crippen LogP contribution in [0.25, 0.3) is 54.9 Å². The molecule has 4 aliphatic carbocycles.